The van der Waals surface area contributed by atoms with E-state index in [0.717, 1.165) is 77.0 Å². The van der Waals surface area contributed by atoms with E-state index in [1.54, 1.807) is 0 Å². The normalized spacial score (nSPS) is 13.9. The summed E-state index contributed by atoms with van der Waals surface area (Å²) in [5.74, 6) is -0.504. The van der Waals surface area contributed by atoms with Crippen molar-refractivity contribution < 1.29 is 37.3 Å². The predicted octanol–water partition coefficient (Wildman–Crippen LogP) is 20.5. The van der Waals surface area contributed by atoms with Gasteiger partial charge in [-0.3, -0.25) is 18.6 Å². The van der Waals surface area contributed by atoms with Gasteiger partial charge in [0.05, 0.1) is 33.8 Å². The molecule has 0 rings (SSSR count). The minimum Gasteiger partial charge on any atom is -0.456 e. The highest BCUT2D eigenvalue weighted by molar-refractivity contribution is 7.47. The average Bonchev–Trinajstić information content (AvgIpc) is 3.39. The van der Waals surface area contributed by atoms with Crippen LogP contribution in [0.1, 0.15) is 316 Å². The van der Waals surface area contributed by atoms with Crippen LogP contribution in [0, 0.1) is 0 Å². The molecule has 452 valence electrons. The first kappa shape index (κ1) is 75.0. The van der Waals surface area contributed by atoms with E-state index in [4.69, 9.17) is 13.8 Å². The topological polar surface area (TPSA) is 111 Å². The maximum atomic E-state index is 13.6. The number of likely N-dealkylation sites (N-methyl/N-ethyl adjacent to an activating group) is 1. The lowest BCUT2D eigenvalue weighted by Crippen LogP contribution is -2.47. The summed E-state index contributed by atoms with van der Waals surface area (Å²) in [6.07, 6.45) is 71.0. The number of hydrogen-bond donors (Lipinski definition) is 2. The smallest absolute Gasteiger partial charge is 0.456 e. The number of nitrogens with one attached hydrogen (secondary N) is 1. The molecule has 0 aliphatic heterocycles. The van der Waals surface area contributed by atoms with Crippen LogP contribution in [0.3, 0.4) is 0 Å². The molecule has 0 bridgehead atoms. The molecule has 0 aliphatic rings. The number of unbranched alkanes of at least 4 members (excludes halogenated alkanes) is 38. The van der Waals surface area contributed by atoms with Crippen LogP contribution in [0.5, 0.6) is 0 Å². The van der Waals surface area contributed by atoms with Crippen LogP contribution in [-0.4, -0.2) is 74.3 Å². The summed E-state index contributed by atoms with van der Waals surface area (Å²) in [5.41, 5.74) is 0. The number of carbonyl (C=O) groups excluding carboxylic acids is 2. The number of phosphoric acid groups is 1. The first-order valence-corrected chi connectivity index (χ1v) is 34.5. The molecule has 0 aromatic carbocycles. The maximum Gasteiger partial charge on any atom is 0.472 e. The molecule has 3 unspecified atom stereocenters. The molecule has 3 atom stereocenters. The minimum absolute atomic E-state index is 0.0395. The molecule has 10 heteroatoms. The Morgan fingerprint density at radius 2 is 0.792 bits per heavy atom. The van der Waals surface area contributed by atoms with Crippen molar-refractivity contribution in [1.82, 2.24) is 5.32 Å². The first-order valence-electron chi connectivity index (χ1n) is 33.0. The van der Waals surface area contributed by atoms with Crippen molar-refractivity contribution >= 4 is 19.7 Å². The zero-order valence-corrected chi connectivity index (χ0v) is 52.6. The molecule has 77 heavy (non-hydrogen) atoms. The number of quaternary nitrogens is 1. The molecule has 1 amide bonds. The number of amides is 1. The Balaban J connectivity index is 5.21. The van der Waals surface area contributed by atoms with Crippen molar-refractivity contribution in [3.8, 4) is 0 Å². The van der Waals surface area contributed by atoms with Crippen molar-refractivity contribution in [1.29, 1.82) is 0 Å². The summed E-state index contributed by atoms with van der Waals surface area (Å²) >= 11 is 0. The molecule has 2 N–H and O–H groups in total. The third kappa shape index (κ3) is 58.4. The van der Waals surface area contributed by atoms with Crippen LogP contribution in [-0.2, 0) is 27.9 Å². The maximum absolute atomic E-state index is 13.6. The standard InChI is InChI=1S/C67H127N2O7P/c1-7-10-13-16-19-22-25-28-30-32-33-34-35-37-38-41-44-47-50-53-56-59-66(70)68-64(63-75-77(72,73)74-62-61-69(4,5)6)65(58-55-52-49-46-43-40-27-24-21-18-15-12-9-3)76-67(71)60-57-54-51-48-45-42-39-36-31-29-26-23-20-17-14-11-8-2/h20,23,28-31,55,58,64-65H,7-19,21-22,24-27,32-54,56-57,59-63H2,1-6H3,(H-,68,70,72,73)/p+1/b23-20-,30-28+,31-29-,58-55-. The Kier molecular flexibility index (Phi) is 55.7. The zero-order chi connectivity index (χ0) is 56.4. The van der Waals surface area contributed by atoms with Gasteiger partial charge in [0.1, 0.15) is 19.3 Å². The van der Waals surface area contributed by atoms with Gasteiger partial charge >= 0.3 is 13.8 Å². The number of esters is 1. The molecular weight excluding hydrogens is 976 g/mol. The first-order chi connectivity index (χ1) is 37.4. The van der Waals surface area contributed by atoms with Gasteiger partial charge in [0.15, 0.2) is 0 Å². The molecule has 0 saturated heterocycles. The van der Waals surface area contributed by atoms with Gasteiger partial charge in [0, 0.05) is 12.8 Å². The molecule has 0 fully saturated rings. The molecule has 0 radical (unpaired) electrons. The second-order valence-corrected chi connectivity index (χ2v) is 25.1. The number of ether oxygens (including phenoxy) is 1. The van der Waals surface area contributed by atoms with Crippen LogP contribution < -0.4 is 5.32 Å². The second-order valence-electron chi connectivity index (χ2n) is 23.6. The molecule has 0 heterocycles. The van der Waals surface area contributed by atoms with Gasteiger partial charge < -0.3 is 19.4 Å². The highest BCUT2D eigenvalue weighted by Crippen LogP contribution is 2.43. The van der Waals surface area contributed by atoms with Gasteiger partial charge in [-0.15, -0.1) is 0 Å². The Labute approximate surface area is 478 Å². The number of phosphoric ester groups is 1. The zero-order valence-electron chi connectivity index (χ0n) is 51.7. The summed E-state index contributed by atoms with van der Waals surface area (Å²) < 4.78 is 30.8. The summed E-state index contributed by atoms with van der Waals surface area (Å²) in [6.45, 7) is 7.01. The van der Waals surface area contributed by atoms with E-state index < -0.39 is 20.0 Å². The lowest BCUT2D eigenvalue weighted by atomic mass is 10.0. The summed E-state index contributed by atoms with van der Waals surface area (Å²) in [4.78, 5) is 37.8. The molecular formula is C67H128N2O7P+. The van der Waals surface area contributed by atoms with Crippen molar-refractivity contribution in [2.75, 3.05) is 40.9 Å². The highest BCUT2D eigenvalue weighted by Gasteiger charge is 2.30. The molecule has 0 aromatic heterocycles. The number of rotatable bonds is 60. The third-order valence-electron chi connectivity index (χ3n) is 14.7. The van der Waals surface area contributed by atoms with Crippen molar-refractivity contribution in [2.24, 2.45) is 0 Å². The fourth-order valence-electron chi connectivity index (χ4n) is 9.61. The highest BCUT2D eigenvalue weighted by atomic mass is 31.2. The molecule has 0 aliphatic carbocycles. The van der Waals surface area contributed by atoms with Gasteiger partial charge in [-0.25, -0.2) is 4.57 Å². The Morgan fingerprint density at radius 1 is 0.455 bits per heavy atom. The van der Waals surface area contributed by atoms with E-state index in [-0.39, 0.29) is 31.5 Å². The van der Waals surface area contributed by atoms with E-state index in [0.29, 0.717) is 17.4 Å². The number of allylic oxidation sites excluding steroid dienone is 7. The Hall–Kier alpha value is -2.03. The molecule has 9 nitrogen and oxygen atoms in total. The van der Waals surface area contributed by atoms with E-state index in [9.17, 15) is 19.0 Å². The van der Waals surface area contributed by atoms with Crippen molar-refractivity contribution in [3.05, 3.63) is 48.6 Å². The largest absolute Gasteiger partial charge is 0.472 e. The van der Waals surface area contributed by atoms with E-state index in [2.05, 4.69) is 62.5 Å². The SMILES string of the molecule is CCCCC/C=C\C/C=C\CCCCCCCCCC(=O)OC(/C=C\CCCCCCCCCCCCC)C(COP(=O)(O)OCC[N+](C)(C)C)NC(=O)CCCCCCCCCCCCC/C=C/CCCCCCCC. The van der Waals surface area contributed by atoms with Crippen LogP contribution in [0.4, 0.5) is 0 Å². The number of hydrogen-bond acceptors (Lipinski definition) is 6. The lowest BCUT2D eigenvalue weighted by molar-refractivity contribution is -0.870. The average molecular weight is 1100 g/mol. The summed E-state index contributed by atoms with van der Waals surface area (Å²) in [6, 6.07) is -0.851. The summed E-state index contributed by atoms with van der Waals surface area (Å²) in [7, 11) is 1.50. The van der Waals surface area contributed by atoms with Crippen molar-refractivity contribution in [2.45, 2.75) is 328 Å². The third-order valence-corrected chi connectivity index (χ3v) is 15.7. The fourth-order valence-corrected chi connectivity index (χ4v) is 10.3. The number of carbonyl (C=O) groups is 2. The fraction of sp³-hybridized carbons (Fsp3) is 0.851. The molecule has 0 spiro atoms. The van der Waals surface area contributed by atoms with E-state index >= 15 is 0 Å². The van der Waals surface area contributed by atoms with Crippen LogP contribution in [0.25, 0.3) is 0 Å². The van der Waals surface area contributed by atoms with Gasteiger partial charge in [-0.05, 0) is 89.5 Å². The molecule has 0 aromatic rings. The van der Waals surface area contributed by atoms with Crippen molar-refractivity contribution in [3.63, 3.8) is 0 Å². The van der Waals surface area contributed by atoms with E-state index in [1.165, 1.54) is 205 Å². The van der Waals surface area contributed by atoms with E-state index in [1.807, 2.05) is 33.3 Å². The number of nitrogens with zero attached hydrogens (tertiary/aromatic N) is 1. The lowest BCUT2D eigenvalue weighted by Gasteiger charge is -2.27. The van der Waals surface area contributed by atoms with Crippen LogP contribution in [0.15, 0.2) is 48.6 Å². The quantitative estimate of drug-likeness (QED) is 0.0205. The van der Waals surface area contributed by atoms with Gasteiger partial charge in [0.2, 0.25) is 5.91 Å². The minimum atomic E-state index is -4.45. The summed E-state index contributed by atoms with van der Waals surface area (Å²) in [5, 5.41) is 3.07. The van der Waals surface area contributed by atoms with Crippen LogP contribution in [0.2, 0.25) is 0 Å². The Morgan fingerprint density at radius 3 is 1.21 bits per heavy atom. The van der Waals surface area contributed by atoms with Gasteiger partial charge in [0.25, 0.3) is 0 Å². The van der Waals surface area contributed by atoms with Gasteiger partial charge in [-0.1, -0.05) is 262 Å². The Bertz CT molecular complexity index is 1460. The monoisotopic (exact) mass is 1100 g/mol. The van der Waals surface area contributed by atoms with Crippen LogP contribution >= 0.6 is 7.82 Å². The second kappa shape index (κ2) is 57.2. The molecule has 0 saturated carbocycles. The van der Waals surface area contributed by atoms with Gasteiger partial charge in [-0.2, -0.15) is 0 Å². The predicted molar refractivity (Wildman–Crippen MR) is 332 cm³/mol.